The van der Waals surface area contributed by atoms with Crippen LogP contribution in [-0.2, 0) is 4.79 Å². The number of rotatable bonds is 3. The summed E-state index contributed by atoms with van der Waals surface area (Å²) in [5, 5.41) is 2.75. The average molecular weight is 275 g/mol. The third-order valence-electron chi connectivity index (χ3n) is 1.56. The van der Waals surface area contributed by atoms with E-state index in [1.165, 1.54) is 11.8 Å². The fraction of sp³-hybridized carbons (Fsp3) is 0.222. The molecule has 76 valence electrons. The van der Waals surface area contributed by atoms with E-state index in [4.69, 9.17) is 5.73 Å². The summed E-state index contributed by atoms with van der Waals surface area (Å²) < 4.78 is 0.834. The van der Waals surface area contributed by atoms with Crippen molar-refractivity contribution in [1.29, 1.82) is 0 Å². The number of halogens is 1. The summed E-state index contributed by atoms with van der Waals surface area (Å²) in [5.41, 5.74) is 7.01. The van der Waals surface area contributed by atoms with Gasteiger partial charge in [-0.3, -0.25) is 4.79 Å². The molecule has 5 heteroatoms. The first kappa shape index (κ1) is 11.4. The van der Waals surface area contributed by atoms with Crippen LogP contribution in [0.2, 0.25) is 0 Å². The fourth-order valence-corrected chi connectivity index (χ4v) is 1.53. The first-order chi connectivity index (χ1) is 6.63. The minimum Gasteiger partial charge on any atom is -0.398 e. The molecule has 0 aliphatic rings. The lowest BCUT2D eigenvalue weighted by Gasteiger charge is -2.05. The van der Waals surface area contributed by atoms with E-state index in [-0.39, 0.29) is 5.91 Å². The maximum Gasteiger partial charge on any atom is 0.234 e. The van der Waals surface area contributed by atoms with Gasteiger partial charge in [-0.1, -0.05) is 0 Å². The Bertz CT molecular complexity index is 344. The molecule has 0 radical (unpaired) electrons. The molecule has 0 bridgehead atoms. The maximum absolute atomic E-state index is 11.2. The van der Waals surface area contributed by atoms with E-state index in [2.05, 4.69) is 21.2 Å². The van der Waals surface area contributed by atoms with Crippen LogP contribution in [0.4, 0.5) is 11.4 Å². The topological polar surface area (TPSA) is 55.1 Å². The SMILES string of the molecule is CSCC(=O)Nc1ccc(Br)c(N)c1. The normalized spacial score (nSPS) is 9.86. The zero-order valence-corrected chi connectivity index (χ0v) is 10.1. The molecule has 0 saturated heterocycles. The first-order valence-corrected chi connectivity index (χ1v) is 6.16. The van der Waals surface area contributed by atoms with Gasteiger partial charge < -0.3 is 11.1 Å². The molecule has 1 aromatic carbocycles. The minimum absolute atomic E-state index is 0.0146. The number of anilines is 2. The number of carbonyl (C=O) groups is 1. The van der Waals surface area contributed by atoms with Crippen LogP contribution in [0, 0.1) is 0 Å². The van der Waals surface area contributed by atoms with Gasteiger partial charge in [0.25, 0.3) is 0 Å². The van der Waals surface area contributed by atoms with Gasteiger partial charge in [-0.2, -0.15) is 11.8 Å². The molecule has 0 aliphatic heterocycles. The molecule has 3 nitrogen and oxygen atoms in total. The van der Waals surface area contributed by atoms with Gasteiger partial charge in [0.15, 0.2) is 0 Å². The van der Waals surface area contributed by atoms with Crippen molar-refractivity contribution >= 4 is 45.0 Å². The largest absolute Gasteiger partial charge is 0.398 e. The molecule has 0 heterocycles. The number of nitrogens with two attached hydrogens (primary N) is 1. The second kappa shape index (κ2) is 5.26. The van der Waals surface area contributed by atoms with Crippen LogP contribution in [0.3, 0.4) is 0 Å². The smallest absolute Gasteiger partial charge is 0.234 e. The van der Waals surface area contributed by atoms with E-state index < -0.39 is 0 Å². The van der Waals surface area contributed by atoms with Crippen LogP contribution in [0.1, 0.15) is 0 Å². The van der Waals surface area contributed by atoms with Gasteiger partial charge in [0.2, 0.25) is 5.91 Å². The average Bonchev–Trinajstić information content (AvgIpc) is 2.12. The molecule has 0 aromatic heterocycles. The van der Waals surface area contributed by atoms with Crippen molar-refractivity contribution in [3.05, 3.63) is 22.7 Å². The van der Waals surface area contributed by atoms with Crippen molar-refractivity contribution in [3.8, 4) is 0 Å². The molecule has 0 aliphatic carbocycles. The predicted octanol–water partition coefficient (Wildman–Crippen LogP) is 2.33. The second-order valence-electron chi connectivity index (χ2n) is 2.72. The Hall–Kier alpha value is -0.680. The van der Waals surface area contributed by atoms with Gasteiger partial charge in [-0.05, 0) is 40.4 Å². The van der Waals surface area contributed by atoms with Crippen molar-refractivity contribution < 1.29 is 4.79 Å². The number of hydrogen-bond acceptors (Lipinski definition) is 3. The van der Waals surface area contributed by atoms with Gasteiger partial charge in [0.05, 0.1) is 5.75 Å². The molecular formula is C9H11BrN2OS. The zero-order chi connectivity index (χ0) is 10.6. The van der Waals surface area contributed by atoms with E-state index in [9.17, 15) is 4.79 Å². The Morgan fingerprint density at radius 1 is 1.64 bits per heavy atom. The highest BCUT2D eigenvalue weighted by molar-refractivity contribution is 9.10. The Kier molecular flexibility index (Phi) is 4.28. The number of hydrogen-bond donors (Lipinski definition) is 2. The third kappa shape index (κ3) is 3.23. The van der Waals surface area contributed by atoms with Crippen LogP contribution >= 0.6 is 27.7 Å². The predicted molar refractivity (Wildman–Crippen MR) is 65.6 cm³/mol. The summed E-state index contributed by atoms with van der Waals surface area (Å²) in [4.78, 5) is 11.2. The number of benzene rings is 1. The van der Waals surface area contributed by atoms with Gasteiger partial charge >= 0.3 is 0 Å². The lowest BCUT2D eigenvalue weighted by atomic mass is 10.3. The number of amides is 1. The molecule has 1 amide bonds. The third-order valence-corrected chi connectivity index (χ3v) is 2.83. The highest BCUT2D eigenvalue weighted by atomic mass is 79.9. The van der Waals surface area contributed by atoms with Crippen molar-refractivity contribution in [1.82, 2.24) is 0 Å². The standard InChI is InChI=1S/C9H11BrN2OS/c1-14-5-9(13)12-6-2-3-7(10)8(11)4-6/h2-4H,5,11H2,1H3,(H,12,13). The number of thioether (sulfide) groups is 1. The van der Waals surface area contributed by atoms with Crippen molar-refractivity contribution in [2.75, 3.05) is 23.1 Å². The van der Waals surface area contributed by atoms with E-state index in [0.717, 1.165) is 10.2 Å². The summed E-state index contributed by atoms with van der Waals surface area (Å²) in [6.07, 6.45) is 1.88. The summed E-state index contributed by atoms with van der Waals surface area (Å²) >= 11 is 4.77. The Morgan fingerprint density at radius 2 is 2.36 bits per heavy atom. The zero-order valence-electron chi connectivity index (χ0n) is 7.71. The molecule has 0 saturated carbocycles. The quantitative estimate of drug-likeness (QED) is 0.832. The number of nitrogens with one attached hydrogen (secondary N) is 1. The highest BCUT2D eigenvalue weighted by Crippen LogP contribution is 2.22. The molecule has 1 rings (SSSR count). The molecule has 3 N–H and O–H groups in total. The summed E-state index contributed by atoms with van der Waals surface area (Å²) in [6.45, 7) is 0. The fourth-order valence-electron chi connectivity index (χ4n) is 0.950. The molecule has 0 fully saturated rings. The highest BCUT2D eigenvalue weighted by Gasteiger charge is 2.02. The van der Waals surface area contributed by atoms with Crippen LogP contribution in [0.5, 0.6) is 0 Å². The van der Waals surface area contributed by atoms with E-state index in [1.54, 1.807) is 12.1 Å². The molecule has 1 aromatic rings. The lowest BCUT2D eigenvalue weighted by molar-refractivity contribution is -0.113. The van der Waals surface area contributed by atoms with Crippen LogP contribution in [0.15, 0.2) is 22.7 Å². The summed E-state index contributed by atoms with van der Waals surface area (Å²) in [6, 6.07) is 5.34. The molecule has 0 atom stereocenters. The second-order valence-corrected chi connectivity index (χ2v) is 4.44. The van der Waals surface area contributed by atoms with Gasteiger partial charge in [-0.15, -0.1) is 0 Å². The van der Waals surface area contributed by atoms with Crippen molar-refractivity contribution in [3.63, 3.8) is 0 Å². The minimum atomic E-state index is -0.0146. The molecule has 14 heavy (non-hydrogen) atoms. The number of nitrogen functional groups attached to an aromatic ring is 1. The summed E-state index contributed by atoms with van der Waals surface area (Å²) in [7, 11) is 0. The molecule has 0 unspecified atom stereocenters. The van der Waals surface area contributed by atoms with E-state index >= 15 is 0 Å². The molecule has 0 spiro atoms. The van der Waals surface area contributed by atoms with Crippen LogP contribution < -0.4 is 11.1 Å². The Labute approximate surface area is 95.6 Å². The van der Waals surface area contributed by atoms with E-state index in [1.807, 2.05) is 12.3 Å². The Morgan fingerprint density at radius 3 is 2.93 bits per heavy atom. The van der Waals surface area contributed by atoms with Crippen LogP contribution in [-0.4, -0.2) is 17.9 Å². The first-order valence-electron chi connectivity index (χ1n) is 3.97. The van der Waals surface area contributed by atoms with Crippen molar-refractivity contribution in [2.24, 2.45) is 0 Å². The van der Waals surface area contributed by atoms with Gasteiger partial charge in [0, 0.05) is 15.8 Å². The van der Waals surface area contributed by atoms with E-state index in [0.29, 0.717) is 11.4 Å². The van der Waals surface area contributed by atoms with Crippen molar-refractivity contribution in [2.45, 2.75) is 0 Å². The number of carbonyl (C=O) groups excluding carboxylic acids is 1. The lowest BCUT2D eigenvalue weighted by Crippen LogP contribution is -2.13. The monoisotopic (exact) mass is 274 g/mol. The summed E-state index contributed by atoms with van der Waals surface area (Å²) in [5.74, 6) is 0.440. The molecular weight excluding hydrogens is 264 g/mol. The van der Waals surface area contributed by atoms with Gasteiger partial charge in [-0.25, -0.2) is 0 Å². The maximum atomic E-state index is 11.2. The van der Waals surface area contributed by atoms with Gasteiger partial charge in [0.1, 0.15) is 0 Å². The van der Waals surface area contributed by atoms with Crippen LogP contribution in [0.25, 0.3) is 0 Å². The Balaban J connectivity index is 2.68.